The summed E-state index contributed by atoms with van der Waals surface area (Å²) in [6.07, 6.45) is 3.98. The van der Waals surface area contributed by atoms with Crippen LogP contribution >= 0.6 is 23.2 Å². The lowest BCUT2D eigenvalue weighted by Crippen LogP contribution is -2.32. The summed E-state index contributed by atoms with van der Waals surface area (Å²) >= 11 is 12.6. The zero-order valence-electron chi connectivity index (χ0n) is 12.6. The molecular formula is C18H19Cl2N2+. The minimum atomic E-state index is 0.621. The highest BCUT2D eigenvalue weighted by molar-refractivity contribution is 6.39. The molecule has 0 saturated carbocycles. The summed E-state index contributed by atoms with van der Waals surface area (Å²) in [6.45, 7) is 3.85. The number of benzene rings is 2. The Bertz CT molecular complexity index is 793. The van der Waals surface area contributed by atoms with E-state index in [2.05, 4.69) is 49.4 Å². The van der Waals surface area contributed by atoms with Crippen LogP contribution in [-0.2, 0) is 19.5 Å². The van der Waals surface area contributed by atoms with Gasteiger partial charge in [0.1, 0.15) is 0 Å². The lowest BCUT2D eigenvalue weighted by Gasteiger charge is -2.03. The van der Waals surface area contributed by atoms with E-state index < -0.39 is 0 Å². The van der Waals surface area contributed by atoms with E-state index in [1.54, 1.807) is 0 Å². The Kier molecular flexibility index (Phi) is 4.70. The fourth-order valence-electron chi connectivity index (χ4n) is 2.70. The lowest BCUT2D eigenvalue weighted by atomic mass is 10.1. The van der Waals surface area contributed by atoms with Crippen LogP contribution in [0.25, 0.3) is 10.8 Å². The van der Waals surface area contributed by atoms with Gasteiger partial charge in [-0.15, -0.1) is 0 Å². The maximum Gasteiger partial charge on any atom is 0.255 e. The first-order valence-electron chi connectivity index (χ1n) is 7.60. The number of halogens is 2. The molecule has 2 nitrogen and oxygen atoms in total. The van der Waals surface area contributed by atoms with Crippen molar-refractivity contribution in [2.75, 3.05) is 0 Å². The second-order valence-electron chi connectivity index (χ2n) is 5.52. The zero-order valence-corrected chi connectivity index (χ0v) is 14.1. The molecule has 1 heterocycles. The van der Waals surface area contributed by atoms with Crippen molar-refractivity contribution in [1.29, 1.82) is 0 Å². The highest BCUT2D eigenvalue weighted by Gasteiger charge is 2.19. The quantitative estimate of drug-likeness (QED) is 0.588. The molecule has 0 spiro atoms. The molecule has 3 aromatic rings. The molecule has 0 bridgehead atoms. The lowest BCUT2D eigenvalue weighted by molar-refractivity contribution is -0.694. The molecule has 0 aliphatic rings. The summed E-state index contributed by atoms with van der Waals surface area (Å²) in [5.41, 5.74) is 1.31. The predicted molar refractivity (Wildman–Crippen MR) is 92.6 cm³/mol. The third-order valence-electron chi connectivity index (χ3n) is 3.87. The number of fused-ring (bicyclic) bond motifs is 1. The number of aryl methyl sites for hydroxylation is 3. The van der Waals surface area contributed by atoms with E-state index in [0.717, 1.165) is 25.9 Å². The van der Waals surface area contributed by atoms with Crippen LogP contribution in [-0.4, -0.2) is 4.57 Å². The van der Waals surface area contributed by atoms with E-state index in [4.69, 9.17) is 23.2 Å². The molecule has 22 heavy (non-hydrogen) atoms. The van der Waals surface area contributed by atoms with Gasteiger partial charge in [-0.3, -0.25) is 0 Å². The molecule has 0 N–H and O–H groups in total. The molecule has 0 unspecified atom stereocenters. The van der Waals surface area contributed by atoms with Gasteiger partial charge in [-0.1, -0.05) is 49.4 Å². The van der Waals surface area contributed by atoms with Crippen LogP contribution in [0.1, 0.15) is 18.9 Å². The molecule has 0 fully saturated rings. The molecule has 0 aliphatic heterocycles. The molecule has 3 rings (SSSR count). The minimum absolute atomic E-state index is 0.621. The topological polar surface area (TPSA) is 8.81 Å². The molecule has 0 atom stereocenters. The summed E-state index contributed by atoms with van der Waals surface area (Å²) in [6, 6.07) is 15.0. The molecule has 0 radical (unpaired) electrons. The predicted octanol–water partition coefficient (Wildman–Crippen LogP) is 4.89. The number of hydrogen-bond acceptors (Lipinski definition) is 0. The highest BCUT2D eigenvalue weighted by Crippen LogP contribution is 2.20. The number of aromatic nitrogens is 2. The van der Waals surface area contributed by atoms with Gasteiger partial charge >= 0.3 is 0 Å². The first-order chi connectivity index (χ1) is 10.7. The van der Waals surface area contributed by atoms with E-state index in [1.807, 2.05) is 15.5 Å². The smallest absolute Gasteiger partial charge is 0.219 e. The van der Waals surface area contributed by atoms with Gasteiger partial charge in [0.05, 0.1) is 13.1 Å². The van der Waals surface area contributed by atoms with Crippen LogP contribution in [0, 0.1) is 0 Å². The number of hydrogen-bond donors (Lipinski definition) is 0. The largest absolute Gasteiger partial charge is 0.255 e. The minimum Gasteiger partial charge on any atom is -0.219 e. The Balaban J connectivity index is 1.77. The van der Waals surface area contributed by atoms with Gasteiger partial charge in [0, 0.05) is 6.42 Å². The summed E-state index contributed by atoms with van der Waals surface area (Å²) in [4.78, 5) is 0. The highest BCUT2D eigenvalue weighted by atomic mass is 35.5. The Morgan fingerprint density at radius 1 is 1.05 bits per heavy atom. The second-order valence-corrected chi connectivity index (χ2v) is 6.23. The van der Waals surface area contributed by atoms with E-state index in [-0.39, 0.29) is 0 Å². The van der Waals surface area contributed by atoms with Crippen molar-refractivity contribution >= 4 is 34.0 Å². The monoisotopic (exact) mass is 333 g/mol. The van der Waals surface area contributed by atoms with Crippen molar-refractivity contribution in [1.82, 2.24) is 4.57 Å². The van der Waals surface area contributed by atoms with Crippen molar-refractivity contribution in [3.63, 3.8) is 0 Å². The standard InChI is InChI=1S/C18H19Cl2N2/c1-2-10-21-13-22(18(20)17(21)19)11-9-14-7-8-15-5-3-4-6-16(15)12-14/h3-8,12-13H,2,9-11H2,1H3/q+1. The van der Waals surface area contributed by atoms with Gasteiger partial charge < -0.3 is 0 Å². The Morgan fingerprint density at radius 3 is 2.59 bits per heavy atom. The molecule has 4 heteroatoms. The summed E-state index contributed by atoms with van der Waals surface area (Å²) < 4.78 is 4.03. The maximum atomic E-state index is 6.32. The third-order valence-corrected chi connectivity index (χ3v) is 4.76. The average molecular weight is 334 g/mol. The number of rotatable bonds is 5. The normalized spacial score (nSPS) is 11.2. The van der Waals surface area contributed by atoms with Gasteiger partial charge in [0.2, 0.25) is 6.33 Å². The first-order valence-corrected chi connectivity index (χ1v) is 8.36. The second kappa shape index (κ2) is 6.72. The summed E-state index contributed by atoms with van der Waals surface area (Å²) in [5, 5.41) is 3.80. The number of imidazole rings is 1. The Hall–Kier alpha value is -1.51. The first kappa shape index (κ1) is 15.4. The molecule has 0 saturated heterocycles. The van der Waals surface area contributed by atoms with E-state index in [1.165, 1.54) is 16.3 Å². The van der Waals surface area contributed by atoms with E-state index >= 15 is 0 Å². The average Bonchev–Trinajstić information content (AvgIpc) is 2.81. The summed E-state index contributed by atoms with van der Waals surface area (Å²) in [7, 11) is 0. The molecule has 1 aromatic heterocycles. The Morgan fingerprint density at radius 2 is 1.82 bits per heavy atom. The van der Waals surface area contributed by atoms with Crippen molar-refractivity contribution in [2.45, 2.75) is 32.9 Å². The van der Waals surface area contributed by atoms with Crippen LogP contribution in [0.15, 0.2) is 48.8 Å². The molecule has 2 aromatic carbocycles. The van der Waals surface area contributed by atoms with Gasteiger partial charge in [-0.2, -0.15) is 0 Å². The van der Waals surface area contributed by atoms with Crippen LogP contribution in [0.2, 0.25) is 10.3 Å². The molecular weight excluding hydrogens is 315 g/mol. The van der Waals surface area contributed by atoms with Gasteiger partial charge in [0.25, 0.3) is 10.3 Å². The van der Waals surface area contributed by atoms with Crippen LogP contribution in [0.4, 0.5) is 0 Å². The molecule has 0 amide bonds. The van der Waals surface area contributed by atoms with Crippen molar-refractivity contribution in [3.05, 3.63) is 64.7 Å². The Labute approximate surface area is 140 Å². The van der Waals surface area contributed by atoms with Crippen molar-refractivity contribution < 1.29 is 4.57 Å². The number of nitrogens with zero attached hydrogens (tertiary/aromatic N) is 2. The maximum absolute atomic E-state index is 6.32. The summed E-state index contributed by atoms with van der Waals surface area (Å²) in [5.74, 6) is 0. The zero-order chi connectivity index (χ0) is 15.5. The molecule has 114 valence electrons. The van der Waals surface area contributed by atoms with Crippen LogP contribution in [0.5, 0.6) is 0 Å². The third kappa shape index (κ3) is 3.13. The van der Waals surface area contributed by atoms with Gasteiger partial charge in [0.15, 0.2) is 0 Å². The molecule has 0 aliphatic carbocycles. The van der Waals surface area contributed by atoms with E-state index in [0.29, 0.717) is 10.3 Å². The van der Waals surface area contributed by atoms with Crippen molar-refractivity contribution in [3.8, 4) is 0 Å². The SMILES string of the molecule is CCC[n+]1cn(CCc2ccc3ccccc3c2)c(Cl)c1Cl. The van der Waals surface area contributed by atoms with Gasteiger partial charge in [-0.25, -0.2) is 9.13 Å². The van der Waals surface area contributed by atoms with Gasteiger partial charge in [-0.05, 0) is 46.0 Å². The fraction of sp³-hybridized carbons (Fsp3) is 0.278. The van der Waals surface area contributed by atoms with E-state index in [9.17, 15) is 0 Å². The van der Waals surface area contributed by atoms with Crippen molar-refractivity contribution in [2.24, 2.45) is 0 Å². The van der Waals surface area contributed by atoms with Crippen LogP contribution in [0.3, 0.4) is 0 Å². The van der Waals surface area contributed by atoms with Crippen LogP contribution < -0.4 is 4.57 Å². The fourth-order valence-corrected chi connectivity index (χ4v) is 3.18.